The number of benzene rings is 1. The van der Waals surface area contributed by atoms with Crippen molar-refractivity contribution in [2.75, 3.05) is 50.1 Å². The lowest BCUT2D eigenvalue weighted by Crippen LogP contribution is -2.48. The summed E-state index contributed by atoms with van der Waals surface area (Å²) in [6.45, 7) is 3.63. The lowest BCUT2D eigenvalue weighted by molar-refractivity contribution is 0.191. The van der Waals surface area contributed by atoms with Gasteiger partial charge in [0.1, 0.15) is 18.0 Å². The molecule has 1 aromatic heterocycles. The van der Waals surface area contributed by atoms with Gasteiger partial charge in [-0.1, -0.05) is 30.3 Å². The van der Waals surface area contributed by atoms with Crippen LogP contribution in [0.1, 0.15) is 12.0 Å². The molecule has 3 heterocycles. The average Bonchev–Trinajstić information content (AvgIpc) is 2.98. The zero-order valence-electron chi connectivity index (χ0n) is 16.2. The maximum atomic E-state index is 10.1. The fourth-order valence-corrected chi connectivity index (χ4v) is 4.27. The maximum absolute atomic E-state index is 10.1. The molecule has 0 amide bonds. The van der Waals surface area contributed by atoms with Gasteiger partial charge in [0.2, 0.25) is 0 Å². The molecule has 1 aromatic carbocycles. The summed E-state index contributed by atoms with van der Waals surface area (Å²) in [6.07, 6.45) is 3.29. The van der Waals surface area contributed by atoms with E-state index in [0.717, 1.165) is 44.1 Å². The molecule has 0 saturated carbocycles. The van der Waals surface area contributed by atoms with Gasteiger partial charge in [0.15, 0.2) is 0 Å². The van der Waals surface area contributed by atoms with Gasteiger partial charge in [0.05, 0.1) is 6.10 Å². The third kappa shape index (κ3) is 4.22. The van der Waals surface area contributed by atoms with Crippen LogP contribution < -0.4 is 9.80 Å². The second kappa shape index (κ2) is 7.82. The van der Waals surface area contributed by atoms with E-state index in [9.17, 15) is 5.11 Å². The number of aliphatic hydroxyl groups is 1. The summed E-state index contributed by atoms with van der Waals surface area (Å²) in [6, 6.07) is 13.1. The fourth-order valence-electron chi connectivity index (χ4n) is 4.27. The molecule has 6 nitrogen and oxygen atoms in total. The van der Waals surface area contributed by atoms with Crippen LogP contribution in [0.5, 0.6) is 0 Å². The number of likely N-dealkylation sites (N-methyl/N-ethyl adjacent to an activating group) is 1. The quantitative estimate of drug-likeness (QED) is 0.838. The van der Waals surface area contributed by atoms with Crippen molar-refractivity contribution >= 4 is 11.6 Å². The summed E-state index contributed by atoms with van der Waals surface area (Å²) in [4.78, 5) is 15.7. The molecule has 0 radical (unpaired) electrons. The van der Waals surface area contributed by atoms with Crippen molar-refractivity contribution in [2.45, 2.75) is 25.0 Å². The molecule has 1 N–H and O–H groups in total. The Morgan fingerprint density at radius 2 is 1.81 bits per heavy atom. The Labute approximate surface area is 161 Å². The minimum atomic E-state index is -0.285. The van der Waals surface area contributed by atoms with Gasteiger partial charge in [-0.15, -0.1) is 0 Å². The highest BCUT2D eigenvalue weighted by atomic mass is 16.3. The Morgan fingerprint density at radius 1 is 1.07 bits per heavy atom. The minimum absolute atomic E-state index is 0.285. The maximum Gasteiger partial charge on any atom is 0.134 e. The molecule has 2 atom stereocenters. The Bertz CT molecular complexity index is 747. The van der Waals surface area contributed by atoms with Gasteiger partial charge in [0, 0.05) is 38.3 Å². The smallest absolute Gasteiger partial charge is 0.134 e. The molecule has 6 heteroatoms. The van der Waals surface area contributed by atoms with Crippen LogP contribution >= 0.6 is 0 Å². The SMILES string of the molecule is CN(C)C[C@H]1C[C@@H](O)CN1c1cc(N2CC(Cc3ccccc3)C2)ncn1. The van der Waals surface area contributed by atoms with Crippen molar-refractivity contribution in [1.82, 2.24) is 14.9 Å². The Hall–Kier alpha value is -2.18. The largest absolute Gasteiger partial charge is 0.391 e. The molecule has 2 fully saturated rings. The first kappa shape index (κ1) is 18.2. The van der Waals surface area contributed by atoms with Gasteiger partial charge in [0.25, 0.3) is 0 Å². The number of rotatable bonds is 6. The number of hydrogen-bond donors (Lipinski definition) is 1. The van der Waals surface area contributed by atoms with E-state index in [1.54, 1.807) is 6.33 Å². The lowest BCUT2D eigenvalue weighted by atomic mass is 9.92. The summed E-state index contributed by atoms with van der Waals surface area (Å²) in [7, 11) is 4.14. The van der Waals surface area contributed by atoms with Crippen LogP contribution in [-0.2, 0) is 6.42 Å². The van der Waals surface area contributed by atoms with Crippen LogP contribution in [0.4, 0.5) is 11.6 Å². The zero-order valence-corrected chi connectivity index (χ0v) is 16.2. The molecule has 2 aromatic rings. The number of aromatic nitrogens is 2. The number of β-amino-alcohol motifs (C(OH)–C–C–N with tert-alkyl or cyclic N) is 1. The summed E-state index contributed by atoms with van der Waals surface area (Å²) in [5.74, 6) is 2.60. The second-order valence-electron chi connectivity index (χ2n) is 8.15. The van der Waals surface area contributed by atoms with E-state index in [-0.39, 0.29) is 6.10 Å². The molecular formula is C21H29N5O. The van der Waals surface area contributed by atoms with Crippen molar-refractivity contribution in [1.29, 1.82) is 0 Å². The molecular weight excluding hydrogens is 338 g/mol. The third-order valence-corrected chi connectivity index (χ3v) is 5.55. The molecule has 4 rings (SSSR count). The van der Waals surface area contributed by atoms with E-state index in [4.69, 9.17) is 0 Å². The van der Waals surface area contributed by atoms with E-state index in [2.05, 4.69) is 75.2 Å². The van der Waals surface area contributed by atoms with Gasteiger partial charge >= 0.3 is 0 Å². The minimum Gasteiger partial charge on any atom is -0.391 e. The van der Waals surface area contributed by atoms with Crippen molar-refractivity contribution in [3.8, 4) is 0 Å². The standard InChI is InChI=1S/C21H29N5O/c1-24(2)13-18-9-19(27)14-26(18)21-10-20(22-15-23-21)25-11-17(12-25)8-16-6-4-3-5-7-16/h3-7,10,15,17-19,27H,8-9,11-14H2,1-2H3/t18-,19-/m1/s1. The predicted octanol–water partition coefficient (Wildman–Crippen LogP) is 1.66. The normalized spacial score (nSPS) is 23.1. The van der Waals surface area contributed by atoms with Gasteiger partial charge in [-0.25, -0.2) is 9.97 Å². The Morgan fingerprint density at radius 3 is 2.56 bits per heavy atom. The third-order valence-electron chi connectivity index (χ3n) is 5.55. The van der Waals surface area contributed by atoms with Crippen LogP contribution in [0.25, 0.3) is 0 Å². The van der Waals surface area contributed by atoms with Crippen molar-refractivity contribution in [3.63, 3.8) is 0 Å². The van der Waals surface area contributed by atoms with E-state index >= 15 is 0 Å². The van der Waals surface area contributed by atoms with Crippen LogP contribution in [-0.4, -0.2) is 72.4 Å². The predicted molar refractivity (Wildman–Crippen MR) is 108 cm³/mol. The average molecular weight is 367 g/mol. The van der Waals surface area contributed by atoms with E-state index in [1.165, 1.54) is 5.56 Å². The van der Waals surface area contributed by atoms with Crippen LogP contribution in [0, 0.1) is 5.92 Å². The van der Waals surface area contributed by atoms with Gasteiger partial charge in [-0.2, -0.15) is 0 Å². The second-order valence-corrected chi connectivity index (χ2v) is 8.15. The molecule has 2 saturated heterocycles. The molecule has 144 valence electrons. The lowest BCUT2D eigenvalue weighted by Gasteiger charge is -2.40. The van der Waals surface area contributed by atoms with Gasteiger partial charge in [-0.3, -0.25) is 0 Å². The zero-order chi connectivity index (χ0) is 18.8. The first-order valence-corrected chi connectivity index (χ1v) is 9.79. The number of aliphatic hydroxyl groups excluding tert-OH is 1. The van der Waals surface area contributed by atoms with Gasteiger partial charge in [-0.05, 0) is 38.4 Å². The van der Waals surface area contributed by atoms with E-state index in [1.807, 2.05) is 0 Å². The van der Waals surface area contributed by atoms with E-state index < -0.39 is 0 Å². The molecule has 27 heavy (non-hydrogen) atoms. The fraction of sp³-hybridized carbons (Fsp3) is 0.524. The summed E-state index contributed by atoms with van der Waals surface area (Å²) in [5, 5.41) is 10.1. The highest BCUT2D eigenvalue weighted by Crippen LogP contribution is 2.30. The van der Waals surface area contributed by atoms with Crippen LogP contribution in [0.2, 0.25) is 0 Å². The molecule has 0 spiro atoms. The van der Waals surface area contributed by atoms with Crippen molar-refractivity contribution < 1.29 is 5.11 Å². The first-order valence-electron chi connectivity index (χ1n) is 9.79. The monoisotopic (exact) mass is 367 g/mol. The topological polar surface area (TPSA) is 55.7 Å². The highest BCUT2D eigenvalue weighted by Gasteiger charge is 2.33. The Balaban J connectivity index is 1.40. The number of hydrogen-bond acceptors (Lipinski definition) is 6. The van der Waals surface area contributed by atoms with Crippen molar-refractivity contribution in [2.24, 2.45) is 5.92 Å². The van der Waals surface area contributed by atoms with Crippen LogP contribution in [0.3, 0.4) is 0 Å². The molecule has 0 bridgehead atoms. The highest BCUT2D eigenvalue weighted by molar-refractivity contribution is 5.53. The first-order chi connectivity index (χ1) is 13.1. The molecule has 0 aliphatic carbocycles. The summed E-state index contributed by atoms with van der Waals surface area (Å²) < 4.78 is 0. The van der Waals surface area contributed by atoms with Crippen molar-refractivity contribution in [3.05, 3.63) is 48.3 Å². The number of anilines is 2. The van der Waals surface area contributed by atoms with Crippen LogP contribution in [0.15, 0.2) is 42.7 Å². The molecule has 2 aliphatic heterocycles. The summed E-state index contributed by atoms with van der Waals surface area (Å²) >= 11 is 0. The molecule has 2 aliphatic rings. The van der Waals surface area contributed by atoms with E-state index in [0.29, 0.717) is 18.5 Å². The van der Waals surface area contributed by atoms with Gasteiger partial charge < -0.3 is 19.8 Å². The number of nitrogens with zero attached hydrogens (tertiary/aromatic N) is 5. The Kier molecular flexibility index (Phi) is 5.27. The molecule has 0 unspecified atom stereocenters. The summed E-state index contributed by atoms with van der Waals surface area (Å²) in [5.41, 5.74) is 1.41.